The molecular weight excluding hydrogens is 311 g/mol. The van der Waals surface area contributed by atoms with Crippen molar-refractivity contribution >= 4 is 23.3 Å². The van der Waals surface area contributed by atoms with Gasteiger partial charge in [-0.15, -0.1) is 0 Å². The number of carbonyl (C=O) groups is 2. The Bertz CT molecular complexity index is 828. The summed E-state index contributed by atoms with van der Waals surface area (Å²) in [7, 11) is 1.71. The van der Waals surface area contributed by atoms with Crippen LogP contribution in [0, 0.1) is 19.7 Å². The first-order valence-corrected chi connectivity index (χ1v) is 7.80. The number of nitrogens with zero attached hydrogens (tertiary/aromatic N) is 3. The Labute approximate surface area is 139 Å². The first-order valence-electron chi connectivity index (χ1n) is 7.80. The average molecular weight is 330 g/mol. The second kappa shape index (κ2) is 6.07. The van der Waals surface area contributed by atoms with Crippen LogP contribution in [0.25, 0.3) is 0 Å². The number of nitrogens with one attached hydrogen (secondary N) is 1. The van der Waals surface area contributed by atoms with Crippen molar-refractivity contribution in [2.75, 3.05) is 16.8 Å². The maximum absolute atomic E-state index is 14.1. The summed E-state index contributed by atoms with van der Waals surface area (Å²) in [5.74, 6) is -0.669. The van der Waals surface area contributed by atoms with Crippen LogP contribution in [-0.4, -0.2) is 28.1 Å². The van der Waals surface area contributed by atoms with E-state index < -0.39 is 11.7 Å². The molecule has 0 unspecified atom stereocenters. The van der Waals surface area contributed by atoms with Crippen molar-refractivity contribution in [3.05, 3.63) is 40.8 Å². The Hall–Kier alpha value is -2.70. The van der Waals surface area contributed by atoms with E-state index in [2.05, 4.69) is 10.4 Å². The van der Waals surface area contributed by atoms with Crippen LogP contribution in [0.15, 0.2) is 18.2 Å². The minimum Gasteiger partial charge on any atom is -0.312 e. The molecule has 1 aliphatic heterocycles. The quantitative estimate of drug-likeness (QED) is 0.940. The largest absolute Gasteiger partial charge is 0.312 e. The summed E-state index contributed by atoms with van der Waals surface area (Å²) in [5.41, 5.74) is 2.08. The summed E-state index contributed by atoms with van der Waals surface area (Å²) in [5, 5.41) is 6.93. The fourth-order valence-electron chi connectivity index (χ4n) is 2.89. The fraction of sp³-hybridized carbons (Fsp3) is 0.353. The monoisotopic (exact) mass is 330 g/mol. The second-order valence-corrected chi connectivity index (χ2v) is 5.95. The van der Waals surface area contributed by atoms with Crippen LogP contribution in [0.5, 0.6) is 0 Å². The molecule has 1 aliphatic rings. The number of anilines is 2. The molecule has 24 heavy (non-hydrogen) atoms. The molecule has 2 aromatic rings. The molecule has 1 fully saturated rings. The van der Waals surface area contributed by atoms with Crippen molar-refractivity contribution in [1.29, 1.82) is 0 Å². The van der Waals surface area contributed by atoms with Crippen molar-refractivity contribution in [3.8, 4) is 0 Å². The van der Waals surface area contributed by atoms with E-state index in [-0.39, 0.29) is 11.5 Å². The van der Waals surface area contributed by atoms with Crippen LogP contribution in [-0.2, 0) is 11.8 Å². The molecule has 7 heteroatoms. The minimum absolute atomic E-state index is 0.00827. The molecule has 3 rings (SSSR count). The first kappa shape index (κ1) is 16.2. The summed E-state index contributed by atoms with van der Waals surface area (Å²) < 4.78 is 15.7. The Kier molecular flexibility index (Phi) is 4.09. The normalized spacial score (nSPS) is 14.3. The molecule has 0 radical (unpaired) electrons. The van der Waals surface area contributed by atoms with Crippen LogP contribution in [0.2, 0.25) is 0 Å². The summed E-state index contributed by atoms with van der Waals surface area (Å²) >= 11 is 0. The van der Waals surface area contributed by atoms with Crippen LogP contribution >= 0.6 is 0 Å². The number of aryl methyl sites for hydroxylation is 2. The van der Waals surface area contributed by atoms with Crippen LogP contribution in [0.1, 0.15) is 34.5 Å². The lowest BCUT2D eigenvalue weighted by Crippen LogP contribution is -2.24. The molecule has 1 aromatic heterocycles. The number of rotatable bonds is 3. The zero-order valence-corrected chi connectivity index (χ0v) is 13.9. The number of aromatic nitrogens is 2. The van der Waals surface area contributed by atoms with Crippen LogP contribution < -0.4 is 10.2 Å². The standard InChI is InChI=1S/C17H19FN4O2/c1-10-11(2)20-21(3)16(10)19-17(24)13-9-12(6-7-14(13)18)22-8-4-5-15(22)23/h6-7,9H,4-5,8H2,1-3H3,(H,19,24). The average Bonchev–Trinajstić information content (AvgIpc) is 3.06. The number of amides is 2. The number of benzene rings is 1. The molecule has 0 aliphatic carbocycles. The van der Waals surface area contributed by atoms with Gasteiger partial charge in [0, 0.05) is 31.3 Å². The van der Waals surface area contributed by atoms with Crippen molar-refractivity contribution in [1.82, 2.24) is 9.78 Å². The predicted molar refractivity (Wildman–Crippen MR) is 88.6 cm³/mol. The van der Waals surface area contributed by atoms with E-state index >= 15 is 0 Å². The molecule has 2 amide bonds. The molecule has 2 heterocycles. The van der Waals surface area contributed by atoms with Gasteiger partial charge in [-0.3, -0.25) is 14.3 Å². The first-order chi connectivity index (χ1) is 11.4. The van der Waals surface area contributed by atoms with E-state index in [0.29, 0.717) is 24.5 Å². The van der Waals surface area contributed by atoms with Gasteiger partial charge in [0.1, 0.15) is 11.6 Å². The Morgan fingerprint density at radius 3 is 2.67 bits per heavy atom. The molecule has 1 N–H and O–H groups in total. The molecule has 1 saturated heterocycles. The van der Waals surface area contributed by atoms with Gasteiger partial charge in [0.15, 0.2) is 0 Å². The molecule has 0 bridgehead atoms. The molecule has 1 aromatic carbocycles. The van der Waals surface area contributed by atoms with Gasteiger partial charge in [0.2, 0.25) is 5.91 Å². The zero-order valence-electron chi connectivity index (χ0n) is 13.9. The van der Waals surface area contributed by atoms with Gasteiger partial charge in [0.25, 0.3) is 5.91 Å². The van der Waals surface area contributed by atoms with Gasteiger partial charge in [0.05, 0.1) is 11.3 Å². The van der Waals surface area contributed by atoms with E-state index in [1.165, 1.54) is 18.2 Å². The summed E-state index contributed by atoms with van der Waals surface area (Å²) in [4.78, 5) is 25.9. The second-order valence-electron chi connectivity index (χ2n) is 5.95. The van der Waals surface area contributed by atoms with Gasteiger partial charge < -0.3 is 10.2 Å². The summed E-state index contributed by atoms with van der Waals surface area (Å²) in [6.07, 6.45) is 1.25. The SMILES string of the molecule is Cc1nn(C)c(NC(=O)c2cc(N3CCCC3=O)ccc2F)c1C. The molecule has 6 nitrogen and oxygen atoms in total. The Balaban J connectivity index is 1.90. The van der Waals surface area contributed by atoms with Gasteiger partial charge in [-0.25, -0.2) is 4.39 Å². The lowest BCUT2D eigenvalue weighted by Gasteiger charge is -2.17. The maximum atomic E-state index is 14.1. The van der Waals surface area contributed by atoms with Gasteiger partial charge in [-0.1, -0.05) is 0 Å². The number of hydrogen-bond acceptors (Lipinski definition) is 3. The van der Waals surface area contributed by atoms with E-state index in [9.17, 15) is 14.0 Å². The Morgan fingerprint density at radius 2 is 2.08 bits per heavy atom. The highest BCUT2D eigenvalue weighted by atomic mass is 19.1. The Morgan fingerprint density at radius 1 is 1.33 bits per heavy atom. The van der Waals surface area contributed by atoms with Crippen LogP contribution in [0.3, 0.4) is 0 Å². The molecule has 0 spiro atoms. The third kappa shape index (κ3) is 2.77. The smallest absolute Gasteiger partial charge is 0.259 e. The van der Waals surface area contributed by atoms with Gasteiger partial charge >= 0.3 is 0 Å². The molecule has 0 saturated carbocycles. The van der Waals surface area contributed by atoms with E-state index in [4.69, 9.17) is 0 Å². The van der Waals surface area contributed by atoms with E-state index in [0.717, 1.165) is 17.7 Å². The van der Waals surface area contributed by atoms with E-state index in [1.807, 2.05) is 13.8 Å². The molecule has 126 valence electrons. The lowest BCUT2D eigenvalue weighted by atomic mass is 10.1. The summed E-state index contributed by atoms with van der Waals surface area (Å²) in [6.45, 7) is 4.27. The maximum Gasteiger partial charge on any atom is 0.259 e. The van der Waals surface area contributed by atoms with Gasteiger partial charge in [-0.2, -0.15) is 5.10 Å². The van der Waals surface area contributed by atoms with Crippen molar-refractivity contribution in [2.24, 2.45) is 7.05 Å². The zero-order chi connectivity index (χ0) is 17.4. The van der Waals surface area contributed by atoms with Crippen LogP contribution in [0.4, 0.5) is 15.9 Å². The van der Waals surface area contributed by atoms with Crippen molar-refractivity contribution in [2.45, 2.75) is 26.7 Å². The number of hydrogen-bond donors (Lipinski definition) is 1. The van der Waals surface area contributed by atoms with Crippen molar-refractivity contribution in [3.63, 3.8) is 0 Å². The third-order valence-electron chi connectivity index (χ3n) is 4.33. The lowest BCUT2D eigenvalue weighted by molar-refractivity contribution is -0.117. The van der Waals surface area contributed by atoms with E-state index in [1.54, 1.807) is 16.6 Å². The number of halogens is 1. The molecular formula is C17H19FN4O2. The molecule has 0 atom stereocenters. The topological polar surface area (TPSA) is 67.2 Å². The highest BCUT2D eigenvalue weighted by molar-refractivity contribution is 6.06. The minimum atomic E-state index is -0.626. The predicted octanol–water partition coefficient (Wildman–Crippen LogP) is 2.56. The van der Waals surface area contributed by atoms with Crippen molar-refractivity contribution < 1.29 is 14.0 Å². The third-order valence-corrected chi connectivity index (χ3v) is 4.33. The summed E-state index contributed by atoms with van der Waals surface area (Å²) in [6, 6.07) is 4.17. The fourth-order valence-corrected chi connectivity index (χ4v) is 2.89. The van der Waals surface area contributed by atoms with Gasteiger partial charge in [-0.05, 0) is 38.5 Å². The number of carbonyl (C=O) groups excluding carboxylic acids is 2. The highest BCUT2D eigenvalue weighted by Crippen LogP contribution is 2.25. The highest BCUT2D eigenvalue weighted by Gasteiger charge is 2.24.